The summed E-state index contributed by atoms with van der Waals surface area (Å²) >= 11 is 0. The zero-order valence-corrected chi connectivity index (χ0v) is 5.86. The van der Waals surface area contributed by atoms with E-state index in [1.54, 1.807) is 0 Å². The summed E-state index contributed by atoms with van der Waals surface area (Å²) in [5.41, 5.74) is 7.26. The van der Waals surface area contributed by atoms with Gasteiger partial charge in [0.2, 0.25) is 0 Å². The third-order valence-corrected chi connectivity index (χ3v) is 1.19. The van der Waals surface area contributed by atoms with E-state index in [0.29, 0.717) is 0 Å². The van der Waals surface area contributed by atoms with Gasteiger partial charge in [0.1, 0.15) is 0 Å². The van der Waals surface area contributed by atoms with Crippen LogP contribution in [0, 0.1) is 10.7 Å². The highest BCUT2D eigenvalue weighted by atomic mass is 16.9. The fourth-order valence-electron chi connectivity index (χ4n) is 0.707. The Hall–Kier alpha value is -1.58. The molecule has 0 saturated carbocycles. The fraction of sp³-hybridized carbons (Fsp3) is 0.143. The zero-order chi connectivity index (χ0) is 8.10. The molecule has 4 nitrogen and oxygen atoms in total. The van der Waals surface area contributed by atoms with Gasteiger partial charge < -0.3 is 4.84 Å². The average Bonchev–Trinajstić information content (AvgIpc) is 2.03. The summed E-state index contributed by atoms with van der Waals surface area (Å²) in [6.07, 6.45) is 0. The SMILES string of the molecule is N=[N+]([O-])OCc1ccccc1. The highest BCUT2D eigenvalue weighted by Gasteiger charge is 1.90. The summed E-state index contributed by atoms with van der Waals surface area (Å²) in [5, 5.41) is 9.68. The lowest BCUT2D eigenvalue weighted by Crippen LogP contribution is -1.99. The summed E-state index contributed by atoms with van der Waals surface area (Å²) in [5.74, 6) is 0. The molecular weight excluding hydrogens is 144 g/mol. The van der Waals surface area contributed by atoms with E-state index >= 15 is 0 Å². The molecule has 0 saturated heterocycles. The van der Waals surface area contributed by atoms with Crippen LogP contribution in [0.5, 0.6) is 0 Å². The molecule has 1 rings (SSSR count). The summed E-state index contributed by atoms with van der Waals surface area (Å²) in [7, 11) is 0. The Morgan fingerprint density at radius 2 is 2.00 bits per heavy atom. The highest BCUT2D eigenvalue weighted by Crippen LogP contribution is 1.99. The molecule has 0 aromatic heterocycles. The van der Waals surface area contributed by atoms with Crippen LogP contribution in [0.25, 0.3) is 0 Å². The van der Waals surface area contributed by atoms with Crippen molar-refractivity contribution >= 4 is 0 Å². The van der Waals surface area contributed by atoms with Crippen molar-refractivity contribution in [1.29, 1.82) is 5.53 Å². The Morgan fingerprint density at radius 3 is 2.55 bits per heavy atom. The van der Waals surface area contributed by atoms with Crippen molar-refractivity contribution in [2.75, 3.05) is 0 Å². The minimum Gasteiger partial charge on any atom is -0.376 e. The number of benzene rings is 1. The minimum atomic E-state index is -0.299. The third-order valence-electron chi connectivity index (χ3n) is 1.19. The molecule has 0 amide bonds. The van der Waals surface area contributed by atoms with E-state index in [4.69, 9.17) is 5.53 Å². The molecule has 1 aromatic rings. The van der Waals surface area contributed by atoms with Gasteiger partial charge in [-0.2, -0.15) is 0 Å². The predicted octanol–water partition coefficient (Wildman–Crippen LogP) is 1.66. The lowest BCUT2D eigenvalue weighted by Gasteiger charge is -2.00. The van der Waals surface area contributed by atoms with Crippen molar-refractivity contribution in [3.63, 3.8) is 0 Å². The number of hydrogen-bond donors (Lipinski definition) is 1. The molecule has 0 unspecified atom stereocenters. The van der Waals surface area contributed by atoms with Crippen molar-refractivity contribution in [2.45, 2.75) is 6.61 Å². The second-order valence-electron chi connectivity index (χ2n) is 2.02. The van der Waals surface area contributed by atoms with E-state index in [-0.39, 0.29) is 11.6 Å². The molecule has 11 heavy (non-hydrogen) atoms. The lowest BCUT2D eigenvalue weighted by molar-refractivity contribution is -0.811. The second kappa shape index (κ2) is 3.55. The van der Waals surface area contributed by atoms with E-state index in [9.17, 15) is 5.21 Å². The maximum atomic E-state index is 9.98. The van der Waals surface area contributed by atoms with Crippen molar-refractivity contribution in [1.82, 2.24) is 0 Å². The van der Waals surface area contributed by atoms with E-state index < -0.39 is 0 Å². The van der Waals surface area contributed by atoms with Gasteiger partial charge in [-0.3, -0.25) is 0 Å². The van der Waals surface area contributed by atoms with Crippen LogP contribution in [0.1, 0.15) is 5.56 Å². The van der Waals surface area contributed by atoms with Gasteiger partial charge in [-0.05, 0) is 5.56 Å². The molecule has 4 heteroatoms. The molecule has 1 N–H and O–H groups in total. The smallest absolute Gasteiger partial charge is 0.166 e. The maximum Gasteiger partial charge on any atom is 0.166 e. The van der Waals surface area contributed by atoms with Crippen LogP contribution in [-0.2, 0) is 11.4 Å². The topological polar surface area (TPSA) is 59.2 Å². The van der Waals surface area contributed by atoms with Crippen molar-refractivity contribution < 1.29 is 9.86 Å². The van der Waals surface area contributed by atoms with Gasteiger partial charge in [0, 0.05) is 5.53 Å². The molecule has 0 aliphatic heterocycles. The van der Waals surface area contributed by atoms with E-state index in [1.165, 1.54) is 0 Å². The summed E-state index contributed by atoms with van der Waals surface area (Å²) in [4.78, 5) is 4.37. The Bertz CT molecular complexity index is 235. The largest absolute Gasteiger partial charge is 0.376 e. The molecule has 0 fully saturated rings. The molecule has 0 radical (unpaired) electrons. The van der Waals surface area contributed by atoms with Crippen LogP contribution >= 0.6 is 0 Å². The fourth-order valence-corrected chi connectivity index (χ4v) is 0.707. The van der Waals surface area contributed by atoms with E-state index in [2.05, 4.69) is 4.84 Å². The number of hydrogen-bond acceptors (Lipinski definition) is 3. The Morgan fingerprint density at radius 1 is 1.36 bits per heavy atom. The van der Waals surface area contributed by atoms with Gasteiger partial charge in [-0.1, -0.05) is 30.3 Å². The maximum absolute atomic E-state index is 9.98. The first-order valence-corrected chi connectivity index (χ1v) is 3.14. The quantitative estimate of drug-likeness (QED) is 0.528. The molecule has 1 aromatic carbocycles. The van der Waals surface area contributed by atoms with Crippen molar-refractivity contribution in [3.05, 3.63) is 41.1 Å². The molecule has 58 valence electrons. The summed E-state index contributed by atoms with van der Waals surface area (Å²) in [6, 6.07) is 9.21. The van der Waals surface area contributed by atoms with Crippen LogP contribution in [-0.4, -0.2) is 5.02 Å². The first kappa shape index (κ1) is 7.53. The lowest BCUT2D eigenvalue weighted by atomic mass is 10.2. The van der Waals surface area contributed by atoms with Crippen molar-refractivity contribution in [2.24, 2.45) is 0 Å². The zero-order valence-electron chi connectivity index (χ0n) is 5.86. The van der Waals surface area contributed by atoms with Gasteiger partial charge in [0.25, 0.3) is 0 Å². The van der Waals surface area contributed by atoms with E-state index in [0.717, 1.165) is 5.56 Å². The molecule has 0 spiro atoms. The second-order valence-corrected chi connectivity index (χ2v) is 2.02. The van der Waals surface area contributed by atoms with Gasteiger partial charge in [-0.25, -0.2) is 5.21 Å². The van der Waals surface area contributed by atoms with Crippen LogP contribution in [0.3, 0.4) is 0 Å². The van der Waals surface area contributed by atoms with Crippen LogP contribution in [0.15, 0.2) is 30.3 Å². The Labute approximate surface area is 64.1 Å². The molecule has 0 aliphatic rings. The first-order chi connectivity index (χ1) is 5.29. The van der Waals surface area contributed by atoms with E-state index in [1.807, 2.05) is 30.3 Å². The molecule has 0 bridgehead atoms. The Kier molecular flexibility index (Phi) is 2.43. The standard InChI is InChI=1S/C7H8N2O2/c8-9(10)11-6-7-4-2-1-3-5-7/h1-5,8H,6H2. The predicted molar refractivity (Wildman–Crippen MR) is 37.6 cm³/mol. The molecular formula is C7H8N2O2. The number of rotatable bonds is 3. The van der Waals surface area contributed by atoms with Gasteiger partial charge in [-0.15, -0.1) is 0 Å². The highest BCUT2D eigenvalue weighted by molar-refractivity contribution is 5.13. The third kappa shape index (κ3) is 2.66. The van der Waals surface area contributed by atoms with Gasteiger partial charge in [0.05, 0.1) is 6.61 Å². The summed E-state index contributed by atoms with van der Waals surface area (Å²) in [6.45, 7) is 0.147. The number of nitrogens with one attached hydrogen (secondary N) is 1. The Balaban J connectivity index is 2.45. The summed E-state index contributed by atoms with van der Waals surface area (Å²) < 4.78 is 0. The van der Waals surface area contributed by atoms with Crippen LogP contribution in [0.4, 0.5) is 0 Å². The molecule has 0 atom stereocenters. The average molecular weight is 152 g/mol. The monoisotopic (exact) mass is 152 g/mol. The van der Waals surface area contributed by atoms with Crippen molar-refractivity contribution in [3.8, 4) is 0 Å². The van der Waals surface area contributed by atoms with Gasteiger partial charge >= 0.3 is 0 Å². The minimum absolute atomic E-state index is 0.147. The molecule has 0 heterocycles. The first-order valence-electron chi connectivity index (χ1n) is 3.14. The van der Waals surface area contributed by atoms with Crippen LogP contribution < -0.4 is 0 Å². The number of nitrogens with zero attached hydrogens (tertiary/aromatic N) is 1. The van der Waals surface area contributed by atoms with Crippen LogP contribution in [0.2, 0.25) is 0 Å². The molecule has 0 aliphatic carbocycles. The normalized spacial score (nSPS) is 9.09. The van der Waals surface area contributed by atoms with Gasteiger partial charge in [0.15, 0.2) is 5.02 Å².